The number of nitrogens with zero attached hydrogens (tertiary/aromatic N) is 1. The maximum absolute atomic E-state index is 12.1. The Labute approximate surface area is 133 Å². The van der Waals surface area contributed by atoms with Gasteiger partial charge < -0.3 is 14.2 Å². The summed E-state index contributed by atoms with van der Waals surface area (Å²) >= 11 is 0. The molecule has 1 aliphatic rings. The fourth-order valence-electron chi connectivity index (χ4n) is 2.26. The Balaban J connectivity index is 1.97. The molecule has 0 saturated carbocycles. The minimum absolute atomic E-state index is 0.401. The first kappa shape index (κ1) is 14.8. The van der Waals surface area contributed by atoms with Gasteiger partial charge in [0, 0.05) is 18.5 Å². The Kier molecular flexibility index (Phi) is 4.10. The van der Waals surface area contributed by atoms with Crippen molar-refractivity contribution in [2.45, 2.75) is 0 Å². The molecule has 0 fully saturated rings. The van der Waals surface area contributed by atoms with E-state index < -0.39 is 5.97 Å². The number of methoxy groups -OCH3 is 2. The lowest BCUT2D eigenvalue weighted by Crippen LogP contribution is -1.98. The molecule has 0 radical (unpaired) electrons. The number of benzene rings is 1. The third-order valence-corrected chi connectivity index (χ3v) is 3.41. The largest absolute Gasteiger partial charge is 0.497 e. The van der Waals surface area contributed by atoms with Crippen LogP contribution >= 0.6 is 0 Å². The molecule has 116 valence electrons. The molecule has 1 aromatic heterocycles. The number of esters is 1. The second-order valence-corrected chi connectivity index (χ2v) is 4.85. The van der Waals surface area contributed by atoms with E-state index in [1.807, 2.05) is 12.1 Å². The Morgan fingerprint density at radius 2 is 2.04 bits per heavy atom. The van der Waals surface area contributed by atoms with Gasteiger partial charge in [0.25, 0.3) is 0 Å². The minimum Gasteiger partial charge on any atom is -0.497 e. The number of rotatable bonds is 4. The normalized spacial score (nSPS) is 15.3. The van der Waals surface area contributed by atoms with Gasteiger partial charge in [-0.1, -0.05) is 6.07 Å². The van der Waals surface area contributed by atoms with E-state index in [1.54, 1.807) is 57.0 Å². The average molecular weight is 309 g/mol. The fourth-order valence-corrected chi connectivity index (χ4v) is 2.26. The maximum atomic E-state index is 12.1. The van der Waals surface area contributed by atoms with Crippen LogP contribution in [-0.4, -0.2) is 25.2 Å². The van der Waals surface area contributed by atoms with Crippen molar-refractivity contribution in [3.05, 3.63) is 65.5 Å². The van der Waals surface area contributed by atoms with E-state index >= 15 is 0 Å². The standard InChI is InChI=1S/C18H15NO4/c1-21-14-5-6-15(16(10-14)22-2)17-9-13(18(20)23-17)8-12-4-3-7-19-11-12/h3-11H,1-2H3. The quantitative estimate of drug-likeness (QED) is 0.641. The van der Waals surface area contributed by atoms with E-state index in [0.717, 1.165) is 5.56 Å². The van der Waals surface area contributed by atoms with Gasteiger partial charge in [-0.25, -0.2) is 4.79 Å². The van der Waals surface area contributed by atoms with Crippen molar-refractivity contribution in [2.24, 2.45) is 0 Å². The van der Waals surface area contributed by atoms with E-state index in [2.05, 4.69) is 4.98 Å². The molecule has 0 atom stereocenters. The SMILES string of the molecule is COc1ccc(C2=CC(=Cc3cccnc3)C(=O)O2)c(OC)c1. The van der Waals surface area contributed by atoms with Crippen LogP contribution in [0, 0.1) is 0 Å². The summed E-state index contributed by atoms with van der Waals surface area (Å²) in [4.78, 5) is 16.1. The number of pyridine rings is 1. The lowest BCUT2D eigenvalue weighted by atomic mass is 10.1. The van der Waals surface area contributed by atoms with E-state index in [0.29, 0.717) is 28.4 Å². The molecule has 3 rings (SSSR count). The Morgan fingerprint density at radius 3 is 2.74 bits per heavy atom. The second kappa shape index (κ2) is 6.36. The minimum atomic E-state index is -0.401. The molecule has 5 nitrogen and oxygen atoms in total. The number of hydrogen-bond acceptors (Lipinski definition) is 5. The number of carbonyl (C=O) groups is 1. The van der Waals surface area contributed by atoms with Crippen LogP contribution in [0.4, 0.5) is 0 Å². The first-order chi connectivity index (χ1) is 11.2. The molecule has 0 unspecified atom stereocenters. The van der Waals surface area contributed by atoms with Gasteiger partial charge in [-0.3, -0.25) is 4.98 Å². The summed E-state index contributed by atoms with van der Waals surface area (Å²) in [7, 11) is 3.14. The molecule has 2 heterocycles. The van der Waals surface area contributed by atoms with Crippen LogP contribution < -0.4 is 9.47 Å². The lowest BCUT2D eigenvalue weighted by molar-refractivity contribution is -0.130. The highest BCUT2D eigenvalue weighted by Gasteiger charge is 2.24. The van der Waals surface area contributed by atoms with Gasteiger partial charge in [-0.2, -0.15) is 0 Å². The number of carbonyl (C=O) groups excluding carboxylic acids is 1. The summed E-state index contributed by atoms with van der Waals surface area (Å²) in [5, 5.41) is 0. The summed E-state index contributed by atoms with van der Waals surface area (Å²) in [6.45, 7) is 0. The topological polar surface area (TPSA) is 57.7 Å². The van der Waals surface area contributed by atoms with E-state index in [4.69, 9.17) is 14.2 Å². The monoisotopic (exact) mass is 309 g/mol. The summed E-state index contributed by atoms with van der Waals surface area (Å²) in [6.07, 6.45) is 6.79. The van der Waals surface area contributed by atoms with Crippen LogP contribution in [-0.2, 0) is 9.53 Å². The van der Waals surface area contributed by atoms with Gasteiger partial charge in [0.1, 0.15) is 17.3 Å². The van der Waals surface area contributed by atoms with Crippen molar-refractivity contribution in [2.75, 3.05) is 14.2 Å². The van der Waals surface area contributed by atoms with Crippen molar-refractivity contribution < 1.29 is 19.0 Å². The predicted octanol–water partition coefficient (Wildman–Crippen LogP) is 3.08. The Morgan fingerprint density at radius 1 is 1.17 bits per heavy atom. The van der Waals surface area contributed by atoms with Gasteiger partial charge in [0.2, 0.25) is 0 Å². The van der Waals surface area contributed by atoms with Crippen LogP contribution in [0.3, 0.4) is 0 Å². The third-order valence-electron chi connectivity index (χ3n) is 3.41. The third kappa shape index (κ3) is 3.08. The van der Waals surface area contributed by atoms with Crippen molar-refractivity contribution >= 4 is 17.8 Å². The zero-order chi connectivity index (χ0) is 16.2. The molecule has 0 aliphatic carbocycles. The van der Waals surface area contributed by atoms with Gasteiger partial charge in [0.05, 0.1) is 25.4 Å². The molecule has 1 aliphatic heterocycles. The van der Waals surface area contributed by atoms with Crippen molar-refractivity contribution in [3.63, 3.8) is 0 Å². The number of hydrogen-bond donors (Lipinski definition) is 0. The van der Waals surface area contributed by atoms with Crippen LogP contribution in [0.25, 0.3) is 11.8 Å². The number of ether oxygens (including phenoxy) is 3. The van der Waals surface area contributed by atoms with Crippen LogP contribution in [0.2, 0.25) is 0 Å². The summed E-state index contributed by atoms with van der Waals surface area (Å²) < 4.78 is 15.9. The fraction of sp³-hybridized carbons (Fsp3) is 0.111. The van der Waals surface area contributed by atoms with Gasteiger partial charge in [0.15, 0.2) is 0 Å². The first-order valence-corrected chi connectivity index (χ1v) is 6.99. The van der Waals surface area contributed by atoms with Crippen LogP contribution in [0.1, 0.15) is 11.1 Å². The van der Waals surface area contributed by atoms with E-state index in [9.17, 15) is 4.79 Å². The van der Waals surface area contributed by atoms with Crippen molar-refractivity contribution in [1.82, 2.24) is 4.98 Å². The zero-order valence-corrected chi connectivity index (χ0v) is 12.8. The molecule has 0 saturated heterocycles. The highest BCUT2D eigenvalue weighted by Crippen LogP contribution is 2.35. The molecule has 23 heavy (non-hydrogen) atoms. The smallest absolute Gasteiger partial charge is 0.343 e. The average Bonchev–Trinajstić information content (AvgIpc) is 2.95. The molecule has 0 N–H and O–H groups in total. The molecule has 2 aromatic rings. The predicted molar refractivity (Wildman–Crippen MR) is 85.8 cm³/mol. The highest BCUT2D eigenvalue weighted by molar-refractivity contribution is 6.05. The first-order valence-electron chi connectivity index (χ1n) is 6.99. The Hall–Kier alpha value is -3.08. The summed E-state index contributed by atoms with van der Waals surface area (Å²) in [5.74, 6) is 1.29. The van der Waals surface area contributed by atoms with Gasteiger partial charge in [-0.05, 0) is 35.9 Å². The van der Waals surface area contributed by atoms with Gasteiger partial charge in [-0.15, -0.1) is 0 Å². The number of aromatic nitrogens is 1. The molecule has 5 heteroatoms. The van der Waals surface area contributed by atoms with Crippen LogP contribution in [0.5, 0.6) is 11.5 Å². The maximum Gasteiger partial charge on any atom is 0.343 e. The van der Waals surface area contributed by atoms with Gasteiger partial charge >= 0.3 is 5.97 Å². The van der Waals surface area contributed by atoms with Crippen LogP contribution in [0.15, 0.2) is 54.4 Å². The summed E-state index contributed by atoms with van der Waals surface area (Å²) in [5.41, 5.74) is 1.99. The molecular weight excluding hydrogens is 294 g/mol. The number of cyclic esters (lactones) is 1. The van der Waals surface area contributed by atoms with Crippen molar-refractivity contribution in [1.29, 1.82) is 0 Å². The highest BCUT2D eigenvalue weighted by atomic mass is 16.5. The molecule has 1 aromatic carbocycles. The molecular formula is C18H15NO4. The molecule has 0 amide bonds. The second-order valence-electron chi connectivity index (χ2n) is 4.85. The molecule has 0 bridgehead atoms. The van der Waals surface area contributed by atoms with E-state index in [-0.39, 0.29) is 0 Å². The lowest BCUT2D eigenvalue weighted by Gasteiger charge is -2.10. The zero-order valence-electron chi connectivity index (χ0n) is 12.8. The summed E-state index contributed by atoms with van der Waals surface area (Å²) in [6, 6.07) is 9.00. The van der Waals surface area contributed by atoms with E-state index in [1.165, 1.54) is 0 Å². The Bertz CT molecular complexity index is 794. The molecule has 0 spiro atoms. The van der Waals surface area contributed by atoms with Crippen molar-refractivity contribution in [3.8, 4) is 11.5 Å².